The Morgan fingerprint density at radius 2 is 1.69 bits per heavy atom. The van der Waals surface area contributed by atoms with Crippen molar-refractivity contribution in [2.24, 2.45) is 5.84 Å². The van der Waals surface area contributed by atoms with Gasteiger partial charge in [0.1, 0.15) is 0 Å². The van der Waals surface area contributed by atoms with Crippen LogP contribution in [0.15, 0.2) is 11.7 Å². The molecule has 0 aromatic heterocycles. The predicted octanol–water partition coefficient (Wildman–Crippen LogP) is 1.72. The third-order valence-corrected chi connectivity index (χ3v) is 3.33. The maximum atomic E-state index is 5.95. The summed E-state index contributed by atoms with van der Waals surface area (Å²) in [6.45, 7) is 10.3. The van der Waals surface area contributed by atoms with Crippen LogP contribution in [0.5, 0.6) is 0 Å². The quantitative estimate of drug-likeness (QED) is 0.452. The molecule has 0 unspecified atom stereocenters. The van der Waals surface area contributed by atoms with Crippen molar-refractivity contribution in [3.8, 4) is 0 Å². The summed E-state index contributed by atoms with van der Waals surface area (Å²) in [5, 5.41) is 1.53. The standard InChI is InChI=1S/C11H23BN2O2/c1-7-9(8-14(6)13)12-15-10(2,3)11(4,5)16-12/h8H,7,13H2,1-6H3/b9-8+. The average Bonchev–Trinajstić information content (AvgIpc) is 2.31. The highest BCUT2D eigenvalue weighted by Crippen LogP contribution is 2.38. The second kappa shape index (κ2) is 4.39. The Kier molecular flexibility index (Phi) is 3.72. The van der Waals surface area contributed by atoms with E-state index in [9.17, 15) is 0 Å². The zero-order valence-corrected chi connectivity index (χ0v) is 11.2. The zero-order valence-electron chi connectivity index (χ0n) is 11.2. The molecule has 5 heteroatoms. The fourth-order valence-corrected chi connectivity index (χ4v) is 1.57. The van der Waals surface area contributed by atoms with Gasteiger partial charge in [0, 0.05) is 13.2 Å². The van der Waals surface area contributed by atoms with Gasteiger partial charge >= 0.3 is 7.12 Å². The van der Waals surface area contributed by atoms with Crippen molar-refractivity contribution in [2.75, 3.05) is 7.05 Å². The molecule has 0 saturated carbocycles. The van der Waals surface area contributed by atoms with Crippen LogP contribution < -0.4 is 5.84 Å². The van der Waals surface area contributed by atoms with Gasteiger partial charge in [-0.05, 0) is 39.6 Å². The van der Waals surface area contributed by atoms with Gasteiger partial charge in [-0.1, -0.05) is 6.92 Å². The van der Waals surface area contributed by atoms with E-state index in [0.717, 1.165) is 11.9 Å². The minimum Gasteiger partial charge on any atom is -0.400 e. The van der Waals surface area contributed by atoms with Gasteiger partial charge in [-0.2, -0.15) is 0 Å². The highest BCUT2D eigenvalue weighted by molar-refractivity contribution is 6.54. The van der Waals surface area contributed by atoms with E-state index in [1.807, 2.05) is 33.9 Å². The Bertz CT molecular complexity index is 272. The first-order valence-corrected chi connectivity index (χ1v) is 5.73. The molecule has 0 aromatic rings. The van der Waals surface area contributed by atoms with Gasteiger partial charge in [0.25, 0.3) is 0 Å². The maximum absolute atomic E-state index is 5.95. The molecule has 0 aliphatic carbocycles. The summed E-state index contributed by atoms with van der Waals surface area (Å²) in [4.78, 5) is 0. The summed E-state index contributed by atoms with van der Waals surface area (Å²) in [6, 6.07) is 0. The summed E-state index contributed by atoms with van der Waals surface area (Å²) >= 11 is 0. The molecular formula is C11H23BN2O2. The third-order valence-electron chi connectivity index (χ3n) is 3.33. The molecule has 0 atom stereocenters. The summed E-state index contributed by atoms with van der Waals surface area (Å²) in [5.41, 5.74) is 0.474. The smallest absolute Gasteiger partial charge is 0.400 e. The SMILES string of the molecule is CC/C(=C\N(C)N)B1OC(C)(C)C(C)(C)O1. The lowest BCUT2D eigenvalue weighted by Gasteiger charge is -2.32. The molecule has 92 valence electrons. The van der Waals surface area contributed by atoms with Crippen LogP contribution in [0.1, 0.15) is 41.0 Å². The van der Waals surface area contributed by atoms with Crippen molar-refractivity contribution in [1.29, 1.82) is 0 Å². The number of allylic oxidation sites excluding steroid dienone is 1. The lowest BCUT2D eigenvalue weighted by atomic mass is 9.77. The van der Waals surface area contributed by atoms with E-state index in [1.165, 1.54) is 5.01 Å². The largest absolute Gasteiger partial charge is 0.492 e. The monoisotopic (exact) mass is 226 g/mol. The molecule has 0 spiro atoms. The summed E-state index contributed by atoms with van der Waals surface area (Å²) in [6.07, 6.45) is 2.72. The first-order chi connectivity index (χ1) is 7.19. The van der Waals surface area contributed by atoms with Crippen LogP contribution in [0.2, 0.25) is 0 Å². The lowest BCUT2D eigenvalue weighted by molar-refractivity contribution is 0.00578. The molecule has 1 heterocycles. The van der Waals surface area contributed by atoms with Crippen LogP contribution in [-0.2, 0) is 9.31 Å². The van der Waals surface area contributed by atoms with Gasteiger partial charge in [-0.3, -0.25) is 0 Å². The second-order valence-electron chi connectivity index (χ2n) is 5.31. The molecule has 16 heavy (non-hydrogen) atoms. The van der Waals surface area contributed by atoms with Crippen LogP contribution >= 0.6 is 0 Å². The van der Waals surface area contributed by atoms with Crippen molar-refractivity contribution in [2.45, 2.75) is 52.2 Å². The van der Waals surface area contributed by atoms with Crippen molar-refractivity contribution >= 4 is 7.12 Å². The first kappa shape index (κ1) is 13.5. The number of rotatable bonds is 3. The number of hydrogen-bond acceptors (Lipinski definition) is 4. The molecule has 1 rings (SSSR count). The van der Waals surface area contributed by atoms with E-state index in [0.29, 0.717) is 0 Å². The molecule has 1 fully saturated rings. The molecule has 1 saturated heterocycles. The topological polar surface area (TPSA) is 47.7 Å². The van der Waals surface area contributed by atoms with E-state index in [1.54, 1.807) is 7.05 Å². The van der Waals surface area contributed by atoms with E-state index >= 15 is 0 Å². The van der Waals surface area contributed by atoms with Gasteiger partial charge in [0.15, 0.2) is 0 Å². The van der Waals surface area contributed by atoms with Crippen molar-refractivity contribution < 1.29 is 9.31 Å². The van der Waals surface area contributed by atoms with E-state index < -0.39 is 0 Å². The first-order valence-electron chi connectivity index (χ1n) is 5.73. The molecule has 2 N–H and O–H groups in total. The van der Waals surface area contributed by atoms with Gasteiger partial charge in [0.05, 0.1) is 11.2 Å². The van der Waals surface area contributed by atoms with Gasteiger partial charge in [0.2, 0.25) is 0 Å². The molecule has 4 nitrogen and oxygen atoms in total. The van der Waals surface area contributed by atoms with Gasteiger partial charge < -0.3 is 14.3 Å². The van der Waals surface area contributed by atoms with Crippen molar-refractivity contribution in [3.63, 3.8) is 0 Å². The molecule has 0 aromatic carbocycles. The number of nitrogens with zero attached hydrogens (tertiary/aromatic N) is 1. The van der Waals surface area contributed by atoms with Crippen molar-refractivity contribution in [3.05, 3.63) is 11.7 Å². The van der Waals surface area contributed by atoms with Crippen LogP contribution in [0.3, 0.4) is 0 Å². The highest BCUT2D eigenvalue weighted by Gasteiger charge is 2.52. The van der Waals surface area contributed by atoms with Crippen LogP contribution in [-0.4, -0.2) is 30.4 Å². The highest BCUT2D eigenvalue weighted by atomic mass is 16.7. The zero-order chi connectivity index (χ0) is 12.6. The Morgan fingerprint density at radius 1 is 1.25 bits per heavy atom. The summed E-state index contributed by atoms with van der Waals surface area (Å²) in [5.74, 6) is 5.62. The minimum absolute atomic E-state index is 0.291. The minimum atomic E-state index is -0.293. The Hall–Kier alpha value is -0.515. The third kappa shape index (κ3) is 2.59. The van der Waals surface area contributed by atoms with E-state index in [-0.39, 0.29) is 18.3 Å². The molecule has 0 amide bonds. The fraction of sp³-hybridized carbons (Fsp3) is 0.818. The number of hydrogen-bond donors (Lipinski definition) is 1. The van der Waals surface area contributed by atoms with E-state index in [4.69, 9.17) is 15.2 Å². The van der Waals surface area contributed by atoms with Crippen LogP contribution in [0.4, 0.5) is 0 Å². The van der Waals surface area contributed by atoms with Gasteiger partial charge in [-0.15, -0.1) is 0 Å². The van der Waals surface area contributed by atoms with Gasteiger partial charge in [-0.25, -0.2) is 5.84 Å². The molecular weight excluding hydrogens is 203 g/mol. The fourth-order valence-electron chi connectivity index (χ4n) is 1.57. The maximum Gasteiger partial charge on any atom is 0.492 e. The van der Waals surface area contributed by atoms with Crippen LogP contribution in [0, 0.1) is 0 Å². The Balaban J connectivity index is 2.86. The Labute approximate surface area is 98.9 Å². The Morgan fingerprint density at radius 3 is 2.00 bits per heavy atom. The average molecular weight is 226 g/mol. The number of nitrogens with two attached hydrogens (primary N) is 1. The summed E-state index contributed by atoms with van der Waals surface area (Å²) < 4.78 is 11.9. The summed E-state index contributed by atoms with van der Waals surface area (Å²) in [7, 11) is 1.50. The second-order valence-corrected chi connectivity index (χ2v) is 5.31. The van der Waals surface area contributed by atoms with Crippen molar-refractivity contribution in [1.82, 2.24) is 5.01 Å². The van der Waals surface area contributed by atoms with E-state index in [2.05, 4.69) is 6.92 Å². The normalized spacial score (nSPS) is 23.7. The molecule has 0 radical (unpaired) electrons. The van der Waals surface area contributed by atoms with Crippen LogP contribution in [0.25, 0.3) is 0 Å². The lowest BCUT2D eigenvalue weighted by Crippen LogP contribution is -2.41. The molecule has 0 bridgehead atoms. The number of hydrazine groups is 1. The molecule has 1 aliphatic heterocycles. The molecule has 1 aliphatic rings. The predicted molar refractivity (Wildman–Crippen MR) is 66.4 cm³/mol.